The van der Waals surface area contributed by atoms with Crippen LogP contribution in [0.5, 0.6) is 0 Å². The van der Waals surface area contributed by atoms with Crippen molar-refractivity contribution in [1.29, 1.82) is 0 Å². The van der Waals surface area contributed by atoms with Gasteiger partial charge in [0.15, 0.2) is 5.60 Å². The Morgan fingerprint density at radius 1 is 1.38 bits per heavy atom. The molecule has 3 rings (SSSR count). The molecule has 0 spiro atoms. The molecule has 3 aliphatic rings. The number of aliphatic hydroxyl groups is 2. The monoisotopic (exact) mass is 339 g/mol. The van der Waals surface area contributed by atoms with Crippen LogP contribution in [0.3, 0.4) is 0 Å². The van der Waals surface area contributed by atoms with Gasteiger partial charge in [-0.3, -0.25) is 9.69 Å². The summed E-state index contributed by atoms with van der Waals surface area (Å²) in [5.41, 5.74) is -1.29. The topological polar surface area (TPSA) is 96.3 Å². The van der Waals surface area contributed by atoms with E-state index in [1.54, 1.807) is 13.8 Å². The number of hydrogen-bond donors (Lipinski definition) is 2. The molecule has 0 unspecified atom stereocenters. The molecule has 0 bridgehead atoms. The lowest BCUT2D eigenvalue weighted by Crippen LogP contribution is -2.54. The van der Waals surface area contributed by atoms with Crippen LogP contribution in [0.25, 0.3) is 0 Å². The molecule has 2 fully saturated rings. The predicted octanol–water partition coefficient (Wildman–Crippen LogP) is -0.147. The number of aliphatic hydroxyl groups excluding tert-OH is 1. The predicted molar refractivity (Wildman–Crippen MR) is 83.9 cm³/mol. The highest BCUT2D eigenvalue weighted by atomic mass is 16.6. The van der Waals surface area contributed by atoms with E-state index >= 15 is 0 Å². The van der Waals surface area contributed by atoms with Crippen LogP contribution < -0.4 is 0 Å². The van der Waals surface area contributed by atoms with Crippen molar-refractivity contribution in [2.75, 3.05) is 19.7 Å². The Hall–Kier alpha value is -1.44. The van der Waals surface area contributed by atoms with Gasteiger partial charge in [0.05, 0.1) is 12.0 Å². The molecule has 0 aromatic rings. The largest absolute Gasteiger partial charge is 0.460 e. The van der Waals surface area contributed by atoms with Crippen molar-refractivity contribution < 1.29 is 29.3 Å². The third-order valence-corrected chi connectivity index (χ3v) is 5.37. The normalized spacial score (nSPS) is 40.7. The van der Waals surface area contributed by atoms with E-state index in [4.69, 9.17) is 9.47 Å². The van der Waals surface area contributed by atoms with E-state index in [0.29, 0.717) is 6.42 Å². The molecule has 24 heavy (non-hydrogen) atoms. The highest BCUT2D eigenvalue weighted by Gasteiger charge is 2.51. The van der Waals surface area contributed by atoms with E-state index in [-0.39, 0.29) is 24.7 Å². The van der Waals surface area contributed by atoms with Crippen LogP contribution in [0.15, 0.2) is 11.6 Å². The summed E-state index contributed by atoms with van der Waals surface area (Å²) in [4.78, 5) is 27.2. The molecule has 0 aromatic carbocycles. The molecule has 0 aromatic heterocycles. The summed E-state index contributed by atoms with van der Waals surface area (Å²) in [7, 11) is 0. The van der Waals surface area contributed by atoms with Gasteiger partial charge in [0.1, 0.15) is 18.8 Å². The second-order valence-electron chi connectivity index (χ2n) is 7.42. The van der Waals surface area contributed by atoms with Gasteiger partial charge in [-0.25, -0.2) is 4.79 Å². The lowest BCUT2D eigenvalue weighted by Gasteiger charge is -2.33. The Morgan fingerprint density at radius 3 is 2.75 bits per heavy atom. The van der Waals surface area contributed by atoms with Crippen molar-refractivity contribution in [3.63, 3.8) is 0 Å². The van der Waals surface area contributed by atoms with Crippen LogP contribution in [-0.2, 0) is 19.1 Å². The van der Waals surface area contributed by atoms with E-state index in [9.17, 15) is 19.8 Å². The minimum Gasteiger partial charge on any atom is -0.460 e. The van der Waals surface area contributed by atoms with Crippen LogP contribution in [0.2, 0.25) is 0 Å². The Balaban J connectivity index is 1.96. The van der Waals surface area contributed by atoms with Crippen molar-refractivity contribution in [3.8, 4) is 0 Å². The zero-order chi connectivity index (χ0) is 17.6. The summed E-state index contributed by atoms with van der Waals surface area (Å²) >= 11 is 0. The molecular weight excluding hydrogens is 314 g/mol. The number of ether oxygens (including phenoxy) is 2. The van der Waals surface area contributed by atoms with Gasteiger partial charge >= 0.3 is 11.9 Å². The quantitative estimate of drug-likeness (QED) is 0.507. The van der Waals surface area contributed by atoms with Gasteiger partial charge in [-0.05, 0) is 24.8 Å². The highest BCUT2D eigenvalue weighted by molar-refractivity contribution is 5.82. The number of rotatable bonds is 1. The van der Waals surface area contributed by atoms with Crippen LogP contribution in [0, 0.1) is 11.8 Å². The molecule has 3 heterocycles. The number of hydrogen-bond acceptors (Lipinski definition) is 7. The van der Waals surface area contributed by atoms with E-state index in [0.717, 1.165) is 18.7 Å². The van der Waals surface area contributed by atoms with Crippen LogP contribution in [0.4, 0.5) is 0 Å². The van der Waals surface area contributed by atoms with Crippen molar-refractivity contribution in [3.05, 3.63) is 11.6 Å². The van der Waals surface area contributed by atoms with Crippen molar-refractivity contribution >= 4 is 11.9 Å². The van der Waals surface area contributed by atoms with Gasteiger partial charge in [0, 0.05) is 13.1 Å². The molecular formula is C17H25NO6. The van der Waals surface area contributed by atoms with Gasteiger partial charge in [-0.1, -0.05) is 19.9 Å². The molecule has 7 nitrogen and oxygen atoms in total. The minimum atomic E-state index is -2.17. The van der Waals surface area contributed by atoms with Crippen molar-refractivity contribution in [2.24, 2.45) is 11.8 Å². The zero-order valence-electron chi connectivity index (χ0n) is 14.3. The smallest absolute Gasteiger partial charge is 0.340 e. The van der Waals surface area contributed by atoms with E-state index in [1.165, 1.54) is 6.92 Å². The fraction of sp³-hybridized carbons (Fsp3) is 0.765. The summed E-state index contributed by atoms with van der Waals surface area (Å²) in [5, 5.41) is 21.0. The Labute approximate surface area is 141 Å². The first kappa shape index (κ1) is 17.4. The van der Waals surface area contributed by atoms with Crippen LogP contribution >= 0.6 is 0 Å². The lowest BCUT2D eigenvalue weighted by molar-refractivity contribution is -0.186. The van der Waals surface area contributed by atoms with Crippen LogP contribution in [-0.4, -0.2) is 70.6 Å². The maximum Gasteiger partial charge on any atom is 0.340 e. The molecule has 5 atom stereocenters. The maximum atomic E-state index is 12.7. The lowest BCUT2D eigenvalue weighted by atomic mass is 9.81. The minimum absolute atomic E-state index is 0.0310. The molecule has 7 heteroatoms. The number of carbonyl (C=O) groups excluding carboxylic acids is 2. The fourth-order valence-electron chi connectivity index (χ4n) is 3.89. The molecule has 0 radical (unpaired) electrons. The second kappa shape index (κ2) is 6.13. The van der Waals surface area contributed by atoms with Gasteiger partial charge < -0.3 is 19.7 Å². The maximum absolute atomic E-state index is 12.7. The third-order valence-electron chi connectivity index (χ3n) is 5.37. The molecule has 0 amide bonds. The number of esters is 2. The summed E-state index contributed by atoms with van der Waals surface area (Å²) in [6.45, 7) is 6.25. The average molecular weight is 339 g/mol. The van der Waals surface area contributed by atoms with E-state index < -0.39 is 29.6 Å². The molecule has 0 saturated carbocycles. The van der Waals surface area contributed by atoms with Gasteiger partial charge in [-0.2, -0.15) is 0 Å². The Morgan fingerprint density at radius 2 is 2.08 bits per heavy atom. The number of carbonyl (C=O) groups is 2. The first-order valence-corrected chi connectivity index (χ1v) is 8.44. The highest BCUT2D eigenvalue weighted by Crippen LogP contribution is 2.35. The van der Waals surface area contributed by atoms with Crippen LogP contribution in [0.1, 0.15) is 27.2 Å². The first-order valence-electron chi connectivity index (χ1n) is 8.44. The first-order chi connectivity index (χ1) is 11.2. The summed E-state index contributed by atoms with van der Waals surface area (Å²) in [5.74, 6) is -2.81. The summed E-state index contributed by atoms with van der Waals surface area (Å²) in [6.07, 6.45) is 0.767. The third kappa shape index (κ3) is 2.74. The van der Waals surface area contributed by atoms with Gasteiger partial charge in [0.2, 0.25) is 0 Å². The molecule has 0 aliphatic carbocycles. The summed E-state index contributed by atoms with van der Waals surface area (Å²) < 4.78 is 11.0. The fourth-order valence-corrected chi connectivity index (χ4v) is 3.89. The number of nitrogens with zero attached hydrogens (tertiary/aromatic N) is 1. The number of cyclic esters (lactones) is 1. The SMILES string of the molecule is CC(C)[C@H]1C(=O)O[C@@H]2CCN3CC=C(COC(=O)[C@](C)(O)[C@H]1O)[C@@H]23. The molecule has 2 N–H and O–H groups in total. The Bertz CT molecular complexity index is 569. The van der Waals surface area contributed by atoms with E-state index in [1.807, 2.05) is 6.08 Å². The Kier molecular flexibility index (Phi) is 4.44. The standard InChI is InChI=1S/C17H25NO6/c1-9(2)12-14(19)17(3,22)16(21)23-8-10-4-6-18-7-5-11(13(10)18)24-15(12)20/h4,9,11-14,19,22H,5-8H2,1-3H3/t11-,12-,13+,14+,17-/m1/s1. The van der Waals surface area contributed by atoms with E-state index in [2.05, 4.69) is 4.90 Å². The van der Waals surface area contributed by atoms with Gasteiger partial charge in [-0.15, -0.1) is 0 Å². The zero-order valence-corrected chi connectivity index (χ0v) is 14.3. The summed E-state index contributed by atoms with van der Waals surface area (Å²) in [6, 6.07) is -0.0882. The molecule has 2 saturated heterocycles. The van der Waals surface area contributed by atoms with Crippen molar-refractivity contribution in [2.45, 2.75) is 51.0 Å². The van der Waals surface area contributed by atoms with Crippen molar-refractivity contribution in [1.82, 2.24) is 4.90 Å². The molecule has 134 valence electrons. The molecule has 3 aliphatic heterocycles. The van der Waals surface area contributed by atoms with Gasteiger partial charge in [0.25, 0.3) is 0 Å². The second-order valence-corrected chi connectivity index (χ2v) is 7.42. The average Bonchev–Trinajstić information content (AvgIpc) is 3.06.